The third-order valence-corrected chi connectivity index (χ3v) is 9.53. The van der Waals surface area contributed by atoms with Gasteiger partial charge in [0.25, 0.3) is 10.0 Å². The standard InChI is InChI=1S/C28H32Cl2N6O3S.2H2/c1-18-26(30)27(32-20(3)31-18)33-40(38,39)24-9-7-23(8-10-24)34-13-15-35(16-14-34)28(37)19(2)36-12-4-5-21-17-22(29)6-11-25(21)36;;/h6-11,17,19H,4-5,12-16H2,1-3H3,(H,31,32,33);2*1H/t19-;;/m0../s1. The smallest absolute Gasteiger partial charge is 0.263 e. The third kappa shape index (κ3) is 5.84. The van der Waals surface area contributed by atoms with E-state index in [1.807, 2.05) is 30.0 Å². The van der Waals surface area contributed by atoms with Crippen molar-refractivity contribution in [2.45, 2.75) is 44.6 Å². The molecule has 1 N–H and O–H groups in total. The Balaban J connectivity index is 0.00000242. The minimum Gasteiger partial charge on any atom is -0.368 e. The number of anilines is 3. The summed E-state index contributed by atoms with van der Waals surface area (Å²) in [6.45, 7) is 8.69. The molecule has 2 aliphatic heterocycles. The Hall–Kier alpha value is -3.08. The number of benzene rings is 2. The largest absolute Gasteiger partial charge is 0.368 e. The number of sulfonamides is 1. The lowest BCUT2D eigenvalue weighted by molar-refractivity contribution is -0.132. The number of carbonyl (C=O) groups excluding carboxylic acids is 1. The fourth-order valence-corrected chi connectivity index (χ4v) is 6.77. The number of carbonyl (C=O) groups is 1. The average molecular weight is 608 g/mol. The number of fused-ring (bicyclic) bond motifs is 1. The van der Waals surface area contributed by atoms with Crippen LogP contribution in [-0.4, -0.2) is 68.0 Å². The van der Waals surface area contributed by atoms with Crippen molar-refractivity contribution in [1.29, 1.82) is 0 Å². The molecule has 0 bridgehead atoms. The van der Waals surface area contributed by atoms with E-state index in [2.05, 4.69) is 24.5 Å². The summed E-state index contributed by atoms with van der Waals surface area (Å²) in [5.74, 6) is 0.596. The molecule has 1 fully saturated rings. The van der Waals surface area contributed by atoms with Crippen LogP contribution in [0.2, 0.25) is 10.0 Å². The normalized spacial score (nSPS) is 16.5. The molecule has 0 unspecified atom stereocenters. The Morgan fingerprint density at radius 2 is 1.70 bits per heavy atom. The SMILES string of the molecule is Cc1nc(C)c(Cl)c(NS(=O)(=O)c2ccc(N3CCN(C(=O)[C@H](C)N4CCCc5cc(Cl)ccc54)CC3)cc2)n1.[HH].[HH]. The molecule has 0 saturated carbocycles. The van der Waals surface area contributed by atoms with Crippen LogP contribution in [0.4, 0.5) is 17.2 Å². The maximum atomic E-state index is 13.4. The van der Waals surface area contributed by atoms with Crippen molar-refractivity contribution < 1.29 is 16.1 Å². The molecule has 0 radical (unpaired) electrons. The zero-order chi connectivity index (χ0) is 28.6. The van der Waals surface area contributed by atoms with Crippen LogP contribution in [-0.2, 0) is 21.2 Å². The molecule has 216 valence electrons. The lowest BCUT2D eigenvalue weighted by Crippen LogP contribution is -2.55. The van der Waals surface area contributed by atoms with Crippen molar-refractivity contribution in [1.82, 2.24) is 14.9 Å². The zero-order valence-electron chi connectivity index (χ0n) is 22.7. The van der Waals surface area contributed by atoms with Crippen molar-refractivity contribution in [2.75, 3.05) is 47.2 Å². The summed E-state index contributed by atoms with van der Waals surface area (Å²) < 4.78 is 28.4. The van der Waals surface area contributed by atoms with Gasteiger partial charge >= 0.3 is 0 Å². The highest BCUT2D eigenvalue weighted by molar-refractivity contribution is 7.92. The van der Waals surface area contributed by atoms with Crippen LogP contribution in [0.5, 0.6) is 0 Å². The van der Waals surface area contributed by atoms with Gasteiger partial charge in [-0.1, -0.05) is 23.2 Å². The van der Waals surface area contributed by atoms with Crippen LogP contribution in [0.3, 0.4) is 0 Å². The molecule has 2 aromatic carbocycles. The number of piperazine rings is 1. The first-order chi connectivity index (χ1) is 19.0. The van der Waals surface area contributed by atoms with Gasteiger partial charge in [0.1, 0.15) is 16.9 Å². The number of hydrogen-bond acceptors (Lipinski definition) is 7. The van der Waals surface area contributed by atoms with Gasteiger partial charge in [0.05, 0.1) is 10.6 Å². The van der Waals surface area contributed by atoms with E-state index in [0.717, 1.165) is 35.8 Å². The minimum atomic E-state index is -3.89. The summed E-state index contributed by atoms with van der Waals surface area (Å²) >= 11 is 12.4. The first kappa shape index (κ1) is 28.4. The van der Waals surface area contributed by atoms with E-state index >= 15 is 0 Å². The molecule has 9 nitrogen and oxygen atoms in total. The molecule has 5 rings (SSSR count). The fourth-order valence-electron chi connectivity index (χ4n) is 5.37. The fraction of sp³-hybridized carbons (Fsp3) is 0.393. The molecule has 1 amide bonds. The second-order valence-corrected chi connectivity index (χ2v) is 12.7. The average Bonchev–Trinajstić information content (AvgIpc) is 2.94. The van der Waals surface area contributed by atoms with Crippen LogP contribution in [0, 0.1) is 13.8 Å². The molecule has 0 aliphatic carbocycles. The van der Waals surface area contributed by atoms with Gasteiger partial charge in [-0.25, -0.2) is 18.4 Å². The summed E-state index contributed by atoms with van der Waals surface area (Å²) in [6, 6.07) is 12.3. The van der Waals surface area contributed by atoms with E-state index in [-0.39, 0.29) is 30.5 Å². The van der Waals surface area contributed by atoms with E-state index in [1.165, 1.54) is 5.56 Å². The van der Waals surface area contributed by atoms with E-state index in [9.17, 15) is 13.2 Å². The molecule has 12 heteroatoms. The molecule has 3 aromatic rings. The number of aryl methyl sites for hydroxylation is 3. The molecule has 0 spiro atoms. The number of rotatable bonds is 6. The van der Waals surface area contributed by atoms with Crippen LogP contribution in [0.25, 0.3) is 0 Å². The number of nitrogens with one attached hydrogen (secondary N) is 1. The van der Waals surface area contributed by atoms with Crippen molar-refractivity contribution in [3.63, 3.8) is 0 Å². The Bertz CT molecular complexity index is 1540. The molecule has 40 heavy (non-hydrogen) atoms. The molecule has 2 aliphatic rings. The third-order valence-electron chi connectivity index (χ3n) is 7.48. The number of amides is 1. The lowest BCUT2D eigenvalue weighted by atomic mass is 10.00. The predicted molar refractivity (Wildman–Crippen MR) is 163 cm³/mol. The molecular formula is C28H36Cl2N6O3S. The quantitative estimate of drug-likeness (QED) is 0.412. The molecular weight excluding hydrogens is 571 g/mol. The van der Waals surface area contributed by atoms with Crippen LogP contribution in [0.15, 0.2) is 47.4 Å². The second kappa shape index (κ2) is 11.4. The van der Waals surface area contributed by atoms with Crippen LogP contribution in [0.1, 0.15) is 33.3 Å². The van der Waals surface area contributed by atoms with Gasteiger partial charge in [-0.15, -0.1) is 0 Å². The van der Waals surface area contributed by atoms with Crippen LogP contribution >= 0.6 is 23.2 Å². The van der Waals surface area contributed by atoms with Crippen molar-refractivity contribution >= 4 is 56.3 Å². The summed E-state index contributed by atoms with van der Waals surface area (Å²) in [5.41, 5.74) is 3.67. The highest BCUT2D eigenvalue weighted by Crippen LogP contribution is 2.32. The summed E-state index contributed by atoms with van der Waals surface area (Å²) in [5, 5.41) is 0.888. The summed E-state index contributed by atoms with van der Waals surface area (Å²) in [4.78, 5) is 28.1. The minimum absolute atomic E-state index is 0. The van der Waals surface area contributed by atoms with Crippen molar-refractivity contribution in [3.8, 4) is 0 Å². The monoisotopic (exact) mass is 606 g/mol. The summed E-state index contributed by atoms with van der Waals surface area (Å²) in [6.07, 6.45) is 1.96. The van der Waals surface area contributed by atoms with Crippen LogP contribution < -0.4 is 14.5 Å². The maximum absolute atomic E-state index is 13.4. The Morgan fingerprint density at radius 1 is 1.00 bits per heavy atom. The van der Waals surface area contributed by atoms with Gasteiger partial charge < -0.3 is 14.7 Å². The first-order valence-electron chi connectivity index (χ1n) is 13.3. The lowest BCUT2D eigenvalue weighted by Gasteiger charge is -2.41. The van der Waals surface area contributed by atoms with Crippen molar-refractivity contribution in [3.05, 3.63) is 69.6 Å². The van der Waals surface area contributed by atoms with E-state index in [1.54, 1.807) is 38.1 Å². The maximum Gasteiger partial charge on any atom is 0.263 e. The zero-order valence-corrected chi connectivity index (χ0v) is 25.0. The number of nitrogens with zero attached hydrogens (tertiary/aromatic N) is 5. The topological polar surface area (TPSA) is 98.7 Å². The van der Waals surface area contributed by atoms with Gasteiger partial charge in [0, 0.05) is 52.0 Å². The molecule has 1 aromatic heterocycles. The Kier molecular flexibility index (Phi) is 8.13. The summed E-state index contributed by atoms with van der Waals surface area (Å²) in [7, 11) is -3.89. The first-order valence-corrected chi connectivity index (χ1v) is 15.5. The van der Waals surface area contributed by atoms with E-state index < -0.39 is 10.0 Å². The van der Waals surface area contributed by atoms with Gasteiger partial charge in [-0.05, 0) is 81.6 Å². The number of hydrogen-bond donors (Lipinski definition) is 1. The predicted octanol–water partition coefficient (Wildman–Crippen LogP) is 5.18. The highest BCUT2D eigenvalue weighted by Gasteiger charge is 2.31. The van der Waals surface area contributed by atoms with E-state index in [0.29, 0.717) is 37.7 Å². The Morgan fingerprint density at radius 3 is 2.40 bits per heavy atom. The van der Waals surface area contributed by atoms with Gasteiger partial charge in [0.2, 0.25) is 5.91 Å². The highest BCUT2D eigenvalue weighted by atomic mass is 35.5. The molecule has 1 saturated heterocycles. The van der Waals surface area contributed by atoms with Gasteiger partial charge in [0.15, 0.2) is 5.82 Å². The number of halogens is 2. The molecule has 3 heterocycles. The van der Waals surface area contributed by atoms with Crippen molar-refractivity contribution in [2.24, 2.45) is 0 Å². The van der Waals surface area contributed by atoms with E-state index in [4.69, 9.17) is 23.2 Å². The second-order valence-electron chi connectivity index (χ2n) is 10.2. The van der Waals surface area contributed by atoms with Gasteiger partial charge in [-0.3, -0.25) is 9.52 Å². The Labute approximate surface area is 248 Å². The van der Waals surface area contributed by atoms with Gasteiger partial charge in [-0.2, -0.15) is 0 Å². The molecule has 1 atom stereocenters. The number of aromatic nitrogens is 2.